The first-order chi connectivity index (χ1) is 21.2. The van der Waals surface area contributed by atoms with Crippen molar-refractivity contribution in [2.75, 3.05) is 32.8 Å². The number of carbonyl (C=O) groups excluding carboxylic acids is 4. The minimum atomic E-state index is -1.14. The Morgan fingerprint density at radius 3 is 2.64 bits per heavy atom. The maximum atomic E-state index is 14.2. The molecule has 4 heterocycles. The van der Waals surface area contributed by atoms with Crippen LogP contribution in [-0.2, 0) is 23.7 Å². The van der Waals surface area contributed by atoms with Crippen molar-refractivity contribution in [1.29, 1.82) is 0 Å². The highest BCUT2D eigenvalue weighted by atomic mass is 16.6. The molecule has 0 radical (unpaired) electrons. The number of nitrogens with zero attached hydrogens (tertiary/aromatic N) is 2. The predicted octanol–water partition coefficient (Wildman–Crippen LogP) is 2.80. The van der Waals surface area contributed by atoms with Gasteiger partial charge in [-0.3, -0.25) is 9.59 Å². The normalized spacial score (nSPS) is 32.9. The highest BCUT2D eigenvalue weighted by molar-refractivity contribution is 6.46. The number of carbonyl (C=O) groups is 4. The fourth-order valence-electron chi connectivity index (χ4n) is 7.11. The van der Waals surface area contributed by atoms with Crippen LogP contribution in [-0.4, -0.2) is 103 Å². The number of fused-ring (bicyclic) bond motifs is 3. The molecule has 4 amide bonds. The van der Waals surface area contributed by atoms with Crippen LogP contribution >= 0.6 is 0 Å². The summed E-state index contributed by atoms with van der Waals surface area (Å²) in [6.07, 6.45) is 8.82. The van der Waals surface area contributed by atoms with Gasteiger partial charge in [-0.2, -0.15) is 0 Å². The first-order valence-corrected chi connectivity index (χ1v) is 16.4. The number of allylic oxidation sites excluding steroid dienone is 2. The summed E-state index contributed by atoms with van der Waals surface area (Å²) in [5, 5.41) is 15.7. The third kappa shape index (κ3) is 7.85. The fourth-order valence-corrected chi connectivity index (χ4v) is 7.11. The Balaban J connectivity index is 1.40. The van der Waals surface area contributed by atoms with E-state index in [1.165, 1.54) is 10.5 Å². The van der Waals surface area contributed by atoms with E-state index < -0.39 is 60.7 Å². The van der Waals surface area contributed by atoms with Crippen LogP contribution in [0, 0.1) is 22.7 Å². The number of ether oxygens (including phenoxy) is 2. The number of amides is 4. The third-order valence-corrected chi connectivity index (χ3v) is 9.81. The zero-order valence-corrected chi connectivity index (χ0v) is 27.3. The van der Waals surface area contributed by atoms with Crippen molar-refractivity contribution < 1.29 is 38.3 Å². The number of rotatable bonds is 2. The van der Waals surface area contributed by atoms with Crippen molar-refractivity contribution in [3.05, 3.63) is 23.8 Å². The highest BCUT2D eigenvalue weighted by Crippen LogP contribution is 2.37. The average molecular weight is 629 g/mol. The maximum Gasteiger partial charge on any atom is 0.478 e. The van der Waals surface area contributed by atoms with E-state index in [0.29, 0.717) is 26.1 Å². The molecular weight excluding hydrogens is 579 g/mol. The molecule has 248 valence electrons. The molecule has 0 aromatic carbocycles. The monoisotopic (exact) mass is 628 g/mol. The lowest BCUT2D eigenvalue weighted by Crippen LogP contribution is -2.59. The molecule has 0 saturated carbocycles. The van der Waals surface area contributed by atoms with Crippen LogP contribution < -0.4 is 10.6 Å². The van der Waals surface area contributed by atoms with Gasteiger partial charge in [-0.15, -0.1) is 0 Å². The minimum absolute atomic E-state index is 0.00548. The van der Waals surface area contributed by atoms with E-state index in [-0.39, 0.29) is 36.8 Å². The second-order valence-electron chi connectivity index (χ2n) is 15.1. The van der Waals surface area contributed by atoms with Gasteiger partial charge in [0.2, 0.25) is 11.8 Å². The molecule has 4 fully saturated rings. The van der Waals surface area contributed by atoms with Crippen molar-refractivity contribution in [3.63, 3.8) is 0 Å². The van der Waals surface area contributed by atoms with Crippen LogP contribution in [0.15, 0.2) is 23.8 Å². The highest BCUT2D eigenvalue weighted by Gasteiger charge is 2.48. The Hall–Kier alpha value is -3.06. The number of nitrogens with one attached hydrogen (secondary N) is 2. The van der Waals surface area contributed by atoms with E-state index >= 15 is 0 Å². The third-order valence-electron chi connectivity index (χ3n) is 9.81. The maximum absolute atomic E-state index is 14.2. The van der Waals surface area contributed by atoms with Gasteiger partial charge in [0.05, 0.1) is 19.1 Å². The quantitative estimate of drug-likeness (QED) is 0.396. The topological polar surface area (TPSA) is 147 Å². The summed E-state index contributed by atoms with van der Waals surface area (Å²) in [7, 11) is -1.14. The molecule has 6 atom stereocenters. The van der Waals surface area contributed by atoms with Gasteiger partial charge in [-0.1, -0.05) is 64.8 Å². The van der Waals surface area contributed by atoms with Gasteiger partial charge in [-0.25, -0.2) is 9.59 Å². The number of hydrogen-bond donors (Lipinski definition) is 3. The van der Waals surface area contributed by atoms with Gasteiger partial charge in [0.15, 0.2) is 0 Å². The van der Waals surface area contributed by atoms with Crippen LogP contribution in [0.25, 0.3) is 0 Å². The average Bonchev–Trinajstić information content (AvgIpc) is 3.70. The minimum Gasteiger partial charge on any atom is -0.449 e. The van der Waals surface area contributed by atoms with Gasteiger partial charge >= 0.3 is 19.3 Å². The van der Waals surface area contributed by atoms with Crippen LogP contribution in [0.3, 0.4) is 0 Å². The number of cyclic esters (lactones) is 1. The molecule has 4 bridgehead atoms. The zero-order valence-electron chi connectivity index (χ0n) is 27.3. The summed E-state index contributed by atoms with van der Waals surface area (Å²) >= 11 is 0. The van der Waals surface area contributed by atoms with E-state index in [1.807, 2.05) is 20.8 Å². The molecule has 12 nitrogen and oxygen atoms in total. The second kappa shape index (κ2) is 13.4. The van der Waals surface area contributed by atoms with Crippen molar-refractivity contribution >= 4 is 31.1 Å². The molecule has 45 heavy (non-hydrogen) atoms. The van der Waals surface area contributed by atoms with Gasteiger partial charge < -0.3 is 39.6 Å². The van der Waals surface area contributed by atoms with E-state index in [4.69, 9.17) is 14.1 Å². The van der Waals surface area contributed by atoms with Crippen molar-refractivity contribution in [1.82, 2.24) is 20.4 Å². The van der Waals surface area contributed by atoms with Crippen LogP contribution in [0.4, 0.5) is 9.59 Å². The number of hydrogen-bond acceptors (Lipinski definition) is 8. The molecule has 6 unspecified atom stereocenters. The Morgan fingerprint density at radius 1 is 1.16 bits per heavy atom. The van der Waals surface area contributed by atoms with Crippen LogP contribution in [0.5, 0.6) is 0 Å². The summed E-state index contributed by atoms with van der Waals surface area (Å²) < 4.78 is 16.8. The standard InChI is InChI=1S/C32H49BN4O8/c1-31(2,3)26-28(39)37-17-22(15-24(37)27(38)34-25-12-14-44-33(25)42)45-30(41)36-16-21-11-8-10-20(23(21)18-36)9-6-7-13-32(4,5)19-43-29(40)35-26/h8,10-11,21-26,42H,6-7,9,12-19H2,1-5H3,(H,34,38)(H,35,40). The van der Waals surface area contributed by atoms with E-state index in [0.717, 1.165) is 25.7 Å². The molecule has 4 saturated heterocycles. The molecule has 1 aliphatic carbocycles. The van der Waals surface area contributed by atoms with Gasteiger partial charge in [0.25, 0.3) is 0 Å². The van der Waals surface area contributed by atoms with Gasteiger partial charge in [-0.05, 0) is 36.5 Å². The Morgan fingerprint density at radius 2 is 1.93 bits per heavy atom. The molecule has 13 heteroatoms. The Kier molecular flexibility index (Phi) is 9.89. The largest absolute Gasteiger partial charge is 0.478 e. The molecular formula is C32H49BN4O8. The lowest BCUT2D eigenvalue weighted by atomic mass is 9.80. The Bertz CT molecular complexity index is 1220. The van der Waals surface area contributed by atoms with Crippen LogP contribution in [0.1, 0.15) is 73.1 Å². The van der Waals surface area contributed by atoms with E-state index in [2.05, 4.69) is 42.7 Å². The number of alkyl carbamates (subject to hydrolysis) is 1. The lowest BCUT2D eigenvalue weighted by Gasteiger charge is -2.35. The predicted molar refractivity (Wildman–Crippen MR) is 167 cm³/mol. The molecule has 0 spiro atoms. The van der Waals surface area contributed by atoms with Gasteiger partial charge in [0, 0.05) is 38.0 Å². The Labute approximate surface area is 266 Å². The fraction of sp³-hybridized carbons (Fsp3) is 0.750. The molecule has 4 aliphatic heterocycles. The summed E-state index contributed by atoms with van der Waals surface area (Å²) in [6.45, 7) is 11.2. The summed E-state index contributed by atoms with van der Waals surface area (Å²) in [5.74, 6) is -1.10. The van der Waals surface area contributed by atoms with Gasteiger partial charge in [0.1, 0.15) is 18.2 Å². The van der Waals surface area contributed by atoms with E-state index in [1.54, 1.807) is 4.90 Å². The molecule has 0 aromatic rings. The molecule has 0 aromatic heterocycles. The summed E-state index contributed by atoms with van der Waals surface area (Å²) in [5.41, 5.74) is 0.357. The first-order valence-electron chi connectivity index (χ1n) is 16.4. The summed E-state index contributed by atoms with van der Waals surface area (Å²) in [4.78, 5) is 57.4. The SMILES string of the molecule is CC1(C)CCCCC2=CC=CC3CN(CC23)C(=O)OC2CC(C(=O)NC3CCOB3O)N(C2)C(=O)C(C(C)(C)C)NC(=O)OC1. The lowest BCUT2D eigenvalue weighted by molar-refractivity contribution is -0.142. The smallest absolute Gasteiger partial charge is 0.449 e. The molecule has 3 N–H and O–H groups in total. The molecule has 5 aliphatic rings. The second-order valence-corrected chi connectivity index (χ2v) is 15.1. The summed E-state index contributed by atoms with van der Waals surface area (Å²) in [6, 6.07) is -1.99. The van der Waals surface area contributed by atoms with E-state index in [9.17, 15) is 24.2 Å². The first kappa shape index (κ1) is 33.3. The zero-order chi connectivity index (χ0) is 32.5. The van der Waals surface area contributed by atoms with Crippen LogP contribution in [0.2, 0.25) is 0 Å². The molecule has 5 rings (SSSR count). The van der Waals surface area contributed by atoms with Crippen molar-refractivity contribution in [2.45, 2.75) is 97.3 Å². The van der Waals surface area contributed by atoms with Crippen molar-refractivity contribution in [3.8, 4) is 0 Å². The van der Waals surface area contributed by atoms with Crippen molar-refractivity contribution in [2.24, 2.45) is 22.7 Å².